The number of aryl methyl sites for hydroxylation is 1. The van der Waals surface area contributed by atoms with Gasteiger partial charge in [0.1, 0.15) is 30.6 Å². The van der Waals surface area contributed by atoms with Gasteiger partial charge in [0.2, 0.25) is 11.3 Å². The van der Waals surface area contributed by atoms with Crippen molar-refractivity contribution >= 4 is 52.4 Å². The number of hydrogen-bond donors (Lipinski definition) is 7. The molecule has 8 N–H and O–H groups in total. The molecule has 2 aliphatic heterocycles. The van der Waals surface area contributed by atoms with Gasteiger partial charge >= 0.3 is 24.2 Å². The number of carbonyl (C=O) groups is 5. The predicted molar refractivity (Wildman–Crippen MR) is 233 cm³/mol. The third-order valence-corrected chi connectivity index (χ3v) is 11.3. The van der Waals surface area contributed by atoms with Crippen LogP contribution in [0.4, 0.5) is 30.1 Å². The van der Waals surface area contributed by atoms with Crippen molar-refractivity contribution in [1.29, 1.82) is 0 Å². The number of primary amides is 1. The summed E-state index contributed by atoms with van der Waals surface area (Å²) in [6.07, 6.45) is 4.48. The molecule has 2 fully saturated rings. The van der Waals surface area contributed by atoms with Crippen molar-refractivity contribution in [2.24, 2.45) is 11.7 Å². The number of nitrogens with zero attached hydrogens (tertiary/aromatic N) is 4. The zero-order valence-electron chi connectivity index (χ0n) is 35.2. The van der Waals surface area contributed by atoms with E-state index in [2.05, 4.69) is 26.9 Å². The Morgan fingerprint density at radius 2 is 1.66 bits per heavy atom. The van der Waals surface area contributed by atoms with Crippen molar-refractivity contribution in [1.82, 2.24) is 36.1 Å². The maximum Gasteiger partial charge on any atom is 0.410 e. The molecule has 4 aromatic rings. The quantitative estimate of drug-likeness (QED) is 0.0745. The number of ether oxygens (including phenoxy) is 2. The van der Waals surface area contributed by atoms with Crippen LogP contribution in [0.3, 0.4) is 0 Å². The average molecular weight is 883 g/mol. The first-order valence-corrected chi connectivity index (χ1v) is 21.1. The van der Waals surface area contributed by atoms with E-state index < -0.39 is 47.0 Å². The first kappa shape index (κ1) is 44.7. The van der Waals surface area contributed by atoms with Crippen molar-refractivity contribution in [3.05, 3.63) is 118 Å². The summed E-state index contributed by atoms with van der Waals surface area (Å²) in [7, 11) is 0. The molecule has 1 aromatic heterocycles. The van der Waals surface area contributed by atoms with E-state index in [4.69, 9.17) is 15.2 Å². The number of piperazine rings is 1. The summed E-state index contributed by atoms with van der Waals surface area (Å²) in [5, 5.41) is 19.5. The minimum absolute atomic E-state index is 0.0208. The topological polar surface area (TPSA) is 242 Å². The van der Waals surface area contributed by atoms with Crippen molar-refractivity contribution in [3.8, 4) is 0 Å². The molecule has 5 amide bonds. The van der Waals surface area contributed by atoms with E-state index in [1.165, 1.54) is 17.2 Å². The van der Waals surface area contributed by atoms with Gasteiger partial charge in [0.05, 0.1) is 22.9 Å². The minimum atomic E-state index is -1.38. The Bertz CT molecular complexity index is 2460. The number of nitrogens with two attached hydrogens (primary N) is 1. The standard InChI is InChI=1S/C44H51FN10O9/c1-2-52-23-32(41(58)59)39(56)31-21-33(45)37(22-36(31)52)53-17-19-54(20-18-53)44(62)64-26-28-10-14-30(15-11-28)48-40(57)35(9-6-16-47-42(46)60)55-24-34(50-51-55)38(29-12-13-29)49-43(61)63-25-27-7-4-3-5-8-27/h3-5,7-8,10-11,14-15,21-24,29,35,38,50-51H,2,6,9,12-13,16-20,25-26H2,1H3,(H,48,57)(H,49,61)(H,58,59)(H3,46,47,60)/t35-,38-/m0/s1. The number of hydrazine groups is 2. The lowest BCUT2D eigenvalue weighted by atomic mass is 10.1. The predicted octanol–water partition coefficient (Wildman–Crippen LogP) is 3.94. The molecule has 0 spiro atoms. The molecule has 1 aliphatic carbocycles. The molecule has 338 valence electrons. The maximum atomic E-state index is 15.4. The molecule has 0 unspecified atom stereocenters. The first-order chi connectivity index (χ1) is 30.9. The van der Waals surface area contributed by atoms with Crippen LogP contribution in [0.1, 0.15) is 54.1 Å². The van der Waals surface area contributed by atoms with Crippen LogP contribution in [0.15, 0.2) is 89.6 Å². The maximum absolute atomic E-state index is 15.4. The number of rotatable bonds is 17. The first-order valence-electron chi connectivity index (χ1n) is 21.1. The number of aromatic carboxylic acids is 1. The molecule has 1 saturated carbocycles. The fourth-order valence-electron chi connectivity index (χ4n) is 7.68. The number of aromatic nitrogens is 1. The van der Waals surface area contributed by atoms with Gasteiger partial charge in [-0.2, -0.15) is 0 Å². The van der Waals surface area contributed by atoms with Gasteiger partial charge in [0.15, 0.2) is 0 Å². The smallest absolute Gasteiger partial charge is 0.410 e. The Kier molecular flexibility index (Phi) is 14.1. The van der Waals surface area contributed by atoms with Crippen LogP contribution in [-0.2, 0) is 34.0 Å². The summed E-state index contributed by atoms with van der Waals surface area (Å²) in [4.78, 5) is 78.6. The van der Waals surface area contributed by atoms with E-state index in [0.29, 0.717) is 54.9 Å². The van der Waals surface area contributed by atoms with E-state index in [9.17, 15) is 33.9 Å². The fraction of sp³-hybridized carbons (Fsp3) is 0.364. The van der Waals surface area contributed by atoms with Crippen molar-refractivity contribution in [2.45, 2.75) is 64.4 Å². The van der Waals surface area contributed by atoms with Gasteiger partial charge in [-0.1, -0.05) is 42.5 Å². The highest BCUT2D eigenvalue weighted by atomic mass is 19.1. The van der Waals surface area contributed by atoms with E-state index in [-0.39, 0.29) is 61.8 Å². The fourth-order valence-corrected chi connectivity index (χ4v) is 7.68. The van der Waals surface area contributed by atoms with Gasteiger partial charge in [-0.15, -0.1) is 5.53 Å². The number of benzene rings is 3. The molecular formula is C44H51FN10O9. The van der Waals surface area contributed by atoms with Gasteiger partial charge < -0.3 is 56.1 Å². The number of carbonyl (C=O) groups excluding carboxylic acids is 4. The monoisotopic (exact) mass is 882 g/mol. The second-order valence-electron chi connectivity index (χ2n) is 15.7. The Morgan fingerprint density at radius 1 is 0.953 bits per heavy atom. The minimum Gasteiger partial charge on any atom is -0.477 e. The molecule has 2 atom stereocenters. The number of alkyl carbamates (subject to hydrolysis) is 1. The number of carboxylic acid groups (broad SMARTS) is 1. The van der Waals surface area contributed by atoms with Crippen LogP contribution in [-0.4, -0.2) is 94.5 Å². The summed E-state index contributed by atoms with van der Waals surface area (Å²) in [6.45, 7) is 3.57. The van der Waals surface area contributed by atoms with Crippen LogP contribution < -0.4 is 43.0 Å². The van der Waals surface area contributed by atoms with Gasteiger partial charge in [-0.05, 0) is 73.9 Å². The summed E-state index contributed by atoms with van der Waals surface area (Å²) in [5.74, 6) is -2.21. The van der Waals surface area contributed by atoms with E-state index in [1.807, 2.05) is 30.3 Å². The Balaban J connectivity index is 0.921. The van der Waals surface area contributed by atoms with Crippen molar-refractivity contribution in [3.63, 3.8) is 0 Å². The van der Waals surface area contributed by atoms with Crippen molar-refractivity contribution in [2.75, 3.05) is 42.9 Å². The zero-order valence-corrected chi connectivity index (χ0v) is 35.2. The SMILES string of the molecule is CCn1cc(C(=O)O)c(=O)c2cc(F)c(N3CCN(C(=O)OCc4ccc(NC(=O)[C@H](CCCNC(N)=O)N5C=C([C@@H](NC(=O)OCc6ccccc6)C6CC6)NN5)cc4)CC3)cc21. The van der Waals surface area contributed by atoms with Crippen molar-refractivity contribution < 1.29 is 42.9 Å². The molecule has 64 heavy (non-hydrogen) atoms. The molecule has 3 aliphatic rings. The number of hydrogen-bond acceptors (Lipinski definition) is 12. The lowest BCUT2D eigenvalue weighted by Crippen LogP contribution is -2.50. The Morgan fingerprint density at radius 3 is 2.33 bits per heavy atom. The summed E-state index contributed by atoms with van der Waals surface area (Å²) in [6, 6.07) is 17.0. The normalized spacial score (nSPS) is 15.7. The summed E-state index contributed by atoms with van der Waals surface area (Å²) in [5.41, 5.74) is 13.5. The van der Waals surface area contributed by atoms with E-state index in [0.717, 1.165) is 24.5 Å². The average Bonchev–Trinajstić information content (AvgIpc) is 4.03. The summed E-state index contributed by atoms with van der Waals surface area (Å²) < 4.78 is 28.0. The number of anilines is 2. The Labute approximate surface area is 367 Å². The second-order valence-corrected chi connectivity index (χ2v) is 15.7. The number of urea groups is 1. The molecule has 0 radical (unpaired) electrons. The molecule has 3 heterocycles. The van der Waals surface area contributed by atoms with Gasteiger partial charge in [-0.25, -0.2) is 23.6 Å². The molecule has 7 rings (SSSR count). The molecular weight excluding hydrogens is 832 g/mol. The van der Waals surface area contributed by atoms with Crippen LogP contribution in [0.25, 0.3) is 10.9 Å². The number of carboxylic acids is 1. The number of pyridine rings is 1. The number of nitrogens with one attached hydrogen (secondary N) is 5. The Hall–Kier alpha value is -7.35. The van der Waals surface area contributed by atoms with E-state index in [1.54, 1.807) is 51.9 Å². The highest BCUT2D eigenvalue weighted by Crippen LogP contribution is 2.36. The van der Waals surface area contributed by atoms with Crippen LogP contribution in [0.2, 0.25) is 0 Å². The largest absolute Gasteiger partial charge is 0.477 e. The molecule has 0 bridgehead atoms. The third kappa shape index (κ3) is 11.0. The molecule has 19 nitrogen and oxygen atoms in total. The molecule has 3 aromatic carbocycles. The molecule has 1 saturated heterocycles. The summed E-state index contributed by atoms with van der Waals surface area (Å²) >= 11 is 0. The van der Waals surface area contributed by atoms with Gasteiger partial charge in [0.25, 0.3) is 0 Å². The zero-order chi connectivity index (χ0) is 45.3. The highest BCUT2D eigenvalue weighted by Gasteiger charge is 2.38. The number of fused-ring (bicyclic) bond motifs is 1. The second kappa shape index (κ2) is 20.2. The van der Waals surface area contributed by atoms with E-state index >= 15 is 4.39 Å². The van der Waals surface area contributed by atoms with Crippen LogP contribution in [0.5, 0.6) is 0 Å². The number of halogens is 1. The van der Waals surface area contributed by atoms with Crippen LogP contribution in [0, 0.1) is 11.7 Å². The number of amides is 5. The highest BCUT2D eigenvalue weighted by molar-refractivity contribution is 5.95. The lowest BCUT2D eigenvalue weighted by molar-refractivity contribution is -0.121. The third-order valence-electron chi connectivity index (χ3n) is 11.3. The molecule has 20 heteroatoms. The van der Waals surface area contributed by atoms with Gasteiger partial charge in [-0.3, -0.25) is 14.6 Å². The lowest BCUT2D eigenvalue weighted by Gasteiger charge is -2.35. The van der Waals surface area contributed by atoms with Gasteiger partial charge in [0, 0.05) is 62.7 Å². The van der Waals surface area contributed by atoms with Crippen LogP contribution >= 0.6 is 0 Å².